The number of aromatic nitrogens is 1. The van der Waals surface area contributed by atoms with Crippen LogP contribution in [0.25, 0.3) is 0 Å². The molecule has 1 aromatic rings. The summed E-state index contributed by atoms with van der Waals surface area (Å²) in [5.74, 6) is 0.503. The largest absolute Gasteiger partial charge is 0.351 e. The van der Waals surface area contributed by atoms with Crippen molar-refractivity contribution in [2.45, 2.75) is 12.3 Å². The lowest BCUT2D eigenvalue weighted by molar-refractivity contribution is 0.112. The van der Waals surface area contributed by atoms with Crippen molar-refractivity contribution in [3.8, 4) is 0 Å². The number of halogens is 2. The Morgan fingerprint density at radius 2 is 2.00 bits per heavy atom. The van der Waals surface area contributed by atoms with Gasteiger partial charge in [-0.25, -0.2) is 13.8 Å². The van der Waals surface area contributed by atoms with Crippen molar-refractivity contribution in [1.29, 1.82) is 0 Å². The zero-order valence-corrected chi connectivity index (χ0v) is 7.94. The second-order valence-corrected chi connectivity index (χ2v) is 3.50. The Morgan fingerprint density at radius 1 is 1.33 bits per heavy atom. The Morgan fingerprint density at radius 3 is 2.47 bits per heavy atom. The van der Waals surface area contributed by atoms with E-state index in [1.54, 1.807) is 12.1 Å². The number of hydrogen-bond donors (Lipinski definition) is 0. The third-order valence-corrected chi connectivity index (χ3v) is 2.41. The van der Waals surface area contributed by atoms with Gasteiger partial charge >= 0.3 is 0 Å². The van der Waals surface area contributed by atoms with Crippen molar-refractivity contribution in [2.24, 2.45) is 0 Å². The van der Waals surface area contributed by atoms with Crippen LogP contribution in [-0.2, 0) is 0 Å². The smallest absolute Gasteiger partial charge is 0.151 e. The summed E-state index contributed by atoms with van der Waals surface area (Å²) in [6, 6.07) is 3.17. The van der Waals surface area contributed by atoms with Crippen LogP contribution in [0.3, 0.4) is 0 Å². The first-order valence-corrected chi connectivity index (χ1v) is 4.65. The minimum absolute atomic E-state index is 0.0224. The van der Waals surface area contributed by atoms with Crippen LogP contribution in [0.1, 0.15) is 10.4 Å². The van der Waals surface area contributed by atoms with Gasteiger partial charge in [-0.2, -0.15) is 0 Å². The lowest BCUT2D eigenvalue weighted by Gasteiger charge is -2.15. The second-order valence-electron chi connectivity index (χ2n) is 3.50. The van der Waals surface area contributed by atoms with Crippen LogP contribution in [0, 0.1) is 0 Å². The van der Waals surface area contributed by atoms with Gasteiger partial charge in [0.2, 0.25) is 0 Å². The molecule has 0 saturated carbocycles. The molecule has 2 heterocycles. The molecule has 1 aliphatic heterocycles. The van der Waals surface area contributed by atoms with Gasteiger partial charge in [-0.15, -0.1) is 0 Å². The quantitative estimate of drug-likeness (QED) is 0.694. The van der Waals surface area contributed by atoms with Gasteiger partial charge in [0, 0.05) is 11.8 Å². The molecule has 1 fully saturated rings. The van der Waals surface area contributed by atoms with E-state index in [9.17, 15) is 13.6 Å². The van der Waals surface area contributed by atoms with Crippen LogP contribution in [-0.4, -0.2) is 36.7 Å². The first-order valence-electron chi connectivity index (χ1n) is 4.65. The Labute approximate surface area is 85.7 Å². The van der Waals surface area contributed by atoms with Crippen LogP contribution >= 0.6 is 0 Å². The summed E-state index contributed by atoms with van der Waals surface area (Å²) in [6.45, 7) is 0.0448. The van der Waals surface area contributed by atoms with Crippen molar-refractivity contribution in [3.63, 3.8) is 0 Å². The van der Waals surface area contributed by atoms with Crippen LogP contribution in [0.2, 0.25) is 0 Å². The molecular formula is C10H10F2N2O. The Hall–Kier alpha value is -1.52. The first-order chi connectivity index (χ1) is 7.20. The summed E-state index contributed by atoms with van der Waals surface area (Å²) in [5, 5.41) is 0. The van der Waals surface area contributed by atoms with Gasteiger partial charge in [0.05, 0.1) is 13.1 Å². The normalized spacial score (nSPS) is 25.6. The molecule has 5 heteroatoms. The molecule has 0 N–H and O–H groups in total. The lowest BCUT2D eigenvalue weighted by Crippen LogP contribution is -2.21. The van der Waals surface area contributed by atoms with Crippen molar-refractivity contribution in [2.75, 3.05) is 18.0 Å². The van der Waals surface area contributed by atoms with Crippen molar-refractivity contribution >= 4 is 12.1 Å². The lowest BCUT2D eigenvalue weighted by atomic mass is 10.3. The molecule has 1 aliphatic rings. The molecule has 80 valence electrons. The van der Waals surface area contributed by atoms with Crippen molar-refractivity contribution < 1.29 is 13.6 Å². The standard InChI is InChI=1S/C10H10F2N2O/c11-8-4-14(5-9(8)12)10-2-1-7(6-15)3-13-10/h1-3,6,8-9H,4-5H2/t8-,9+. The van der Waals surface area contributed by atoms with Crippen LogP contribution in [0.4, 0.5) is 14.6 Å². The molecule has 1 saturated heterocycles. The maximum Gasteiger partial charge on any atom is 0.151 e. The van der Waals surface area contributed by atoms with E-state index in [4.69, 9.17) is 0 Å². The van der Waals surface area contributed by atoms with E-state index in [0.29, 0.717) is 17.7 Å². The number of nitrogens with zero attached hydrogens (tertiary/aromatic N) is 2. The number of pyridine rings is 1. The van der Waals surface area contributed by atoms with E-state index >= 15 is 0 Å². The fourth-order valence-electron chi connectivity index (χ4n) is 1.57. The van der Waals surface area contributed by atoms with Gasteiger partial charge in [0.15, 0.2) is 18.6 Å². The van der Waals surface area contributed by atoms with E-state index in [1.807, 2.05) is 0 Å². The SMILES string of the molecule is O=Cc1ccc(N2C[C@@H](F)[C@@H](F)C2)nc1. The van der Waals surface area contributed by atoms with Gasteiger partial charge in [-0.05, 0) is 12.1 Å². The fourth-order valence-corrected chi connectivity index (χ4v) is 1.57. The highest BCUT2D eigenvalue weighted by atomic mass is 19.2. The number of hydrogen-bond acceptors (Lipinski definition) is 3. The zero-order valence-electron chi connectivity index (χ0n) is 7.94. The Kier molecular flexibility index (Phi) is 2.62. The first kappa shape index (κ1) is 10.0. The summed E-state index contributed by atoms with van der Waals surface area (Å²) >= 11 is 0. The van der Waals surface area contributed by atoms with Crippen LogP contribution < -0.4 is 4.90 Å². The molecule has 0 aliphatic carbocycles. The fraction of sp³-hybridized carbons (Fsp3) is 0.400. The van der Waals surface area contributed by atoms with Gasteiger partial charge in [-0.3, -0.25) is 4.79 Å². The number of aldehydes is 1. The predicted octanol–water partition coefficient (Wildman–Crippen LogP) is 1.39. The van der Waals surface area contributed by atoms with E-state index in [0.717, 1.165) is 0 Å². The molecule has 0 unspecified atom stereocenters. The molecule has 0 aromatic carbocycles. The van der Waals surface area contributed by atoms with E-state index in [1.165, 1.54) is 11.1 Å². The van der Waals surface area contributed by atoms with Gasteiger partial charge in [0.25, 0.3) is 0 Å². The summed E-state index contributed by atoms with van der Waals surface area (Å²) in [4.78, 5) is 15.9. The summed E-state index contributed by atoms with van der Waals surface area (Å²) in [5.41, 5.74) is 0.451. The van der Waals surface area contributed by atoms with Gasteiger partial charge in [-0.1, -0.05) is 0 Å². The maximum absolute atomic E-state index is 12.9. The Bertz CT molecular complexity index is 345. The van der Waals surface area contributed by atoms with Crippen molar-refractivity contribution in [3.05, 3.63) is 23.9 Å². The molecule has 0 amide bonds. The monoisotopic (exact) mass is 212 g/mol. The van der Waals surface area contributed by atoms with Crippen molar-refractivity contribution in [1.82, 2.24) is 4.98 Å². The highest BCUT2D eigenvalue weighted by Gasteiger charge is 2.33. The Balaban J connectivity index is 2.13. The summed E-state index contributed by atoms with van der Waals surface area (Å²) < 4.78 is 25.8. The molecule has 2 atom stereocenters. The highest BCUT2D eigenvalue weighted by molar-refractivity contribution is 5.74. The van der Waals surface area contributed by atoms with E-state index in [2.05, 4.69) is 4.98 Å². The second kappa shape index (κ2) is 3.92. The number of carbonyl (C=O) groups excluding carboxylic acids is 1. The molecular weight excluding hydrogens is 202 g/mol. The van der Waals surface area contributed by atoms with E-state index in [-0.39, 0.29) is 13.1 Å². The number of carbonyl (C=O) groups is 1. The van der Waals surface area contributed by atoms with Crippen LogP contribution in [0.15, 0.2) is 18.3 Å². The zero-order chi connectivity index (χ0) is 10.8. The average Bonchev–Trinajstić information content (AvgIpc) is 2.59. The number of anilines is 1. The minimum Gasteiger partial charge on any atom is -0.351 e. The summed E-state index contributed by atoms with van der Waals surface area (Å²) in [6.07, 6.45) is -0.826. The third-order valence-electron chi connectivity index (χ3n) is 2.41. The van der Waals surface area contributed by atoms with Gasteiger partial charge in [0.1, 0.15) is 5.82 Å². The third kappa shape index (κ3) is 1.95. The molecule has 0 bridgehead atoms. The number of rotatable bonds is 2. The van der Waals surface area contributed by atoms with Crippen LogP contribution in [0.5, 0.6) is 0 Å². The topological polar surface area (TPSA) is 33.2 Å². The average molecular weight is 212 g/mol. The number of alkyl halides is 2. The highest BCUT2D eigenvalue weighted by Crippen LogP contribution is 2.21. The van der Waals surface area contributed by atoms with E-state index < -0.39 is 12.3 Å². The molecule has 15 heavy (non-hydrogen) atoms. The predicted molar refractivity (Wildman–Crippen MR) is 51.6 cm³/mol. The molecule has 1 aromatic heterocycles. The molecule has 2 rings (SSSR count). The molecule has 0 radical (unpaired) electrons. The summed E-state index contributed by atoms with van der Waals surface area (Å²) in [7, 11) is 0. The maximum atomic E-state index is 12.9. The minimum atomic E-state index is -1.45. The molecule has 3 nitrogen and oxygen atoms in total. The van der Waals surface area contributed by atoms with Gasteiger partial charge < -0.3 is 4.90 Å². The molecule has 0 spiro atoms.